The van der Waals surface area contributed by atoms with Gasteiger partial charge in [-0.05, 0) is 63.7 Å². The van der Waals surface area contributed by atoms with Crippen LogP contribution in [0, 0.1) is 6.92 Å². The zero-order valence-corrected chi connectivity index (χ0v) is 17.1. The fourth-order valence-corrected chi connectivity index (χ4v) is 4.02. The summed E-state index contributed by atoms with van der Waals surface area (Å²) in [5.74, 6) is -0.0499. The van der Waals surface area contributed by atoms with E-state index >= 15 is 0 Å². The molecule has 1 aromatic heterocycles. The van der Waals surface area contributed by atoms with Crippen LogP contribution in [0.5, 0.6) is 0 Å². The van der Waals surface area contributed by atoms with Gasteiger partial charge in [0.1, 0.15) is 11.2 Å². The molecule has 0 bridgehead atoms. The van der Waals surface area contributed by atoms with Crippen molar-refractivity contribution in [2.24, 2.45) is 0 Å². The Morgan fingerprint density at radius 1 is 1.17 bits per heavy atom. The Hall–Kier alpha value is -2.93. The number of nitrogens with zero attached hydrogens (tertiary/aromatic N) is 5. The van der Waals surface area contributed by atoms with Crippen molar-refractivity contribution < 1.29 is 4.79 Å². The Balaban J connectivity index is 1.38. The maximum absolute atomic E-state index is 13.2. The monoisotopic (exact) mass is 390 g/mol. The lowest BCUT2D eigenvalue weighted by molar-refractivity contribution is 0.0905. The molecule has 2 fully saturated rings. The van der Waals surface area contributed by atoms with E-state index in [1.807, 2.05) is 48.0 Å². The molecule has 5 rings (SSSR count). The smallest absolute Gasteiger partial charge is 0.253 e. The lowest BCUT2D eigenvalue weighted by Gasteiger charge is -2.44. The minimum Gasteiger partial charge on any atom is -0.368 e. The van der Waals surface area contributed by atoms with Crippen LogP contribution in [0.4, 0.5) is 5.69 Å². The van der Waals surface area contributed by atoms with E-state index in [1.54, 1.807) is 0 Å². The number of carbonyl (C=O) groups excluding carboxylic acids is 1. The summed E-state index contributed by atoms with van der Waals surface area (Å²) in [6, 6.07) is 14.6. The predicted octanol–water partition coefficient (Wildman–Crippen LogP) is 2.37. The van der Waals surface area contributed by atoms with Crippen molar-refractivity contribution in [1.82, 2.24) is 25.2 Å². The summed E-state index contributed by atoms with van der Waals surface area (Å²) in [6.45, 7) is 3.97. The third-order valence-corrected chi connectivity index (χ3v) is 6.25. The van der Waals surface area contributed by atoms with Crippen molar-refractivity contribution in [3.8, 4) is 0 Å². The maximum atomic E-state index is 13.2. The van der Waals surface area contributed by atoms with Gasteiger partial charge in [-0.2, -0.15) is 0 Å². The summed E-state index contributed by atoms with van der Waals surface area (Å²) in [5, 5.41) is 11.8. The molecule has 1 saturated heterocycles. The van der Waals surface area contributed by atoms with Gasteiger partial charge in [-0.15, -0.1) is 5.10 Å². The number of nitrogens with one attached hydrogen (secondary N) is 1. The molecule has 0 spiro atoms. The lowest BCUT2D eigenvalue weighted by atomic mass is 10.0. The van der Waals surface area contributed by atoms with E-state index < -0.39 is 5.66 Å². The van der Waals surface area contributed by atoms with Crippen molar-refractivity contribution in [3.63, 3.8) is 0 Å². The highest BCUT2D eigenvalue weighted by atomic mass is 16.2. The standard InChI is InChI=1S/C22H26N6O/c1-15-8-9-16(27-13-17(14-27)26(2)3)12-18(15)21(29)23-22(10-11-22)28-20-7-5-4-6-19(20)24-25-28/h4-9,12,17H,10-11,13-14H2,1-3H3,(H,23,29). The van der Waals surface area contributed by atoms with Crippen LogP contribution in [0.15, 0.2) is 42.5 Å². The first-order valence-electron chi connectivity index (χ1n) is 10.1. The fourth-order valence-electron chi connectivity index (χ4n) is 4.02. The Bertz CT molecular complexity index is 1080. The highest BCUT2D eigenvalue weighted by molar-refractivity contribution is 5.97. The highest BCUT2D eigenvalue weighted by Gasteiger charge is 2.48. The molecule has 2 heterocycles. The number of hydrogen-bond acceptors (Lipinski definition) is 5. The van der Waals surface area contributed by atoms with E-state index in [9.17, 15) is 4.79 Å². The summed E-state index contributed by atoms with van der Waals surface area (Å²) in [7, 11) is 4.22. The van der Waals surface area contributed by atoms with E-state index in [-0.39, 0.29) is 5.91 Å². The van der Waals surface area contributed by atoms with E-state index in [2.05, 4.69) is 45.6 Å². The highest BCUT2D eigenvalue weighted by Crippen LogP contribution is 2.42. The number of aryl methyl sites for hydroxylation is 1. The molecule has 7 nitrogen and oxygen atoms in total. The number of fused-ring (bicyclic) bond motifs is 1. The first kappa shape index (κ1) is 18.1. The first-order valence-corrected chi connectivity index (χ1v) is 10.1. The summed E-state index contributed by atoms with van der Waals surface area (Å²) >= 11 is 0. The molecular formula is C22H26N6O. The minimum absolute atomic E-state index is 0.0499. The van der Waals surface area contributed by atoms with Gasteiger partial charge in [0.15, 0.2) is 0 Å². The van der Waals surface area contributed by atoms with Gasteiger partial charge in [-0.3, -0.25) is 4.79 Å². The predicted molar refractivity (Wildman–Crippen MR) is 113 cm³/mol. The van der Waals surface area contributed by atoms with E-state index in [1.165, 1.54) is 0 Å². The Morgan fingerprint density at radius 3 is 2.66 bits per heavy atom. The molecule has 7 heteroatoms. The molecule has 1 aliphatic carbocycles. The third kappa shape index (κ3) is 3.06. The summed E-state index contributed by atoms with van der Waals surface area (Å²) < 4.78 is 1.87. The molecule has 0 unspecified atom stereocenters. The Kier molecular flexibility index (Phi) is 4.10. The molecule has 29 heavy (non-hydrogen) atoms. The molecule has 3 aromatic rings. The number of amides is 1. The van der Waals surface area contributed by atoms with Crippen LogP contribution in [-0.4, -0.2) is 59.0 Å². The second-order valence-corrected chi connectivity index (χ2v) is 8.50. The van der Waals surface area contributed by atoms with Crippen LogP contribution in [-0.2, 0) is 5.66 Å². The zero-order chi connectivity index (χ0) is 20.2. The topological polar surface area (TPSA) is 66.3 Å². The largest absolute Gasteiger partial charge is 0.368 e. The summed E-state index contributed by atoms with van der Waals surface area (Å²) in [6.07, 6.45) is 1.73. The number of carbonyl (C=O) groups is 1. The number of para-hydroxylation sites is 1. The minimum atomic E-state index is -0.470. The fraction of sp³-hybridized carbons (Fsp3) is 0.409. The second-order valence-electron chi connectivity index (χ2n) is 8.50. The van der Waals surface area contributed by atoms with Crippen LogP contribution in [0.25, 0.3) is 11.0 Å². The van der Waals surface area contributed by atoms with Crippen molar-refractivity contribution >= 4 is 22.6 Å². The molecule has 2 aromatic carbocycles. The van der Waals surface area contributed by atoms with Crippen LogP contribution in [0.3, 0.4) is 0 Å². The molecule has 150 valence electrons. The van der Waals surface area contributed by atoms with E-state index in [0.29, 0.717) is 6.04 Å². The van der Waals surface area contributed by atoms with Crippen molar-refractivity contribution in [3.05, 3.63) is 53.6 Å². The number of aromatic nitrogens is 3. The van der Waals surface area contributed by atoms with Crippen LogP contribution in [0.2, 0.25) is 0 Å². The number of hydrogen-bond donors (Lipinski definition) is 1. The van der Waals surface area contributed by atoms with Crippen LogP contribution in [0.1, 0.15) is 28.8 Å². The number of anilines is 1. The van der Waals surface area contributed by atoms with Gasteiger partial charge < -0.3 is 15.1 Å². The van der Waals surface area contributed by atoms with Crippen LogP contribution < -0.4 is 10.2 Å². The molecule has 1 amide bonds. The number of benzene rings is 2. The maximum Gasteiger partial charge on any atom is 0.253 e. The summed E-state index contributed by atoms with van der Waals surface area (Å²) in [5.41, 5.74) is 4.14. The lowest BCUT2D eigenvalue weighted by Crippen LogP contribution is -2.57. The van der Waals surface area contributed by atoms with Gasteiger partial charge in [0.05, 0.1) is 5.52 Å². The number of rotatable bonds is 5. The van der Waals surface area contributed by atoms with E-state index in [4.69, 9.17) is 0 Å². The van der Waals surface area contributed by atoms with Gasteiger partial charge in [-0.1, -0.05) is 23.4 Å². The van der Waals surface area contributed by atoms with Gasteiger partial charge in [0.2, 0.25) is 0 Å². The van der Waals surface area contributed by atoms with Gasteiger partial charge >= 0.3 is 0 Å². The molecule has 1 aliphatic heterocycles. The van der Waals surface area contributed by atoms with Crippen molar-refractivity contribution in [1.29, 1.82) is 0 Å². The number of likely N-dealkylation sites (N-methyl/N-ethyl adjacent to an activating group) is 1. The van der Waals surface area contributed by atoms with Gasteiger partial charge in [-0.25, -0.2) is 4.68 Å². The van der Waals surface area contributed by atoms with Crippen molar-refractivity contribution in [2.75, 3.05) is 32.1 Å². The molecule has 1 saturated carbocycles. The Morgan fingerprint density at radius 2 is 1.93 bits per heavy atom. The van der Waals surface area contributed by atoms with E-state index in [0.717, 1.165) is 53.8 Å². The molecule has 0 atom stereocenters. The average Bonchev–Trinajstić information content (AvgIpc) is 3.29. The third-order valence-electron chi connectivity index (χ3n) is 6.25. The Labute approximate surface area is 170 Å². The molecular weight excluding hydrogens is 364 g/mol. The molecule has 0 radical (unpaired) electrons. The second kappa shape index (κ2) is 6.56. The molecule has 1 N–H and O–H groups in total. The SMILES string of the molecule is Cc1ccc(N2CC(N(C)C)C2)cc1C(=O)NC1(n2nnc3ccccc32)CC1. The average molecular weight is 390 g/mol. The quantitative estimate of drug-likeness (QED) is 0.725. The first-order chi connectivity index (χ1) is 14.0. The molecule has 2 aliphatic rings. The van der Waals surface area contributed by atoms with Crippen molar-refractivity contribution in [2.45, 2.75) is 31.5 Å². The van der Waals surface area contributed by atoms with Gasteiger partial charge in [0.25, 0.3) is 5.91 Å². The normalized spacial score (nSPS) is 18.1. The zero-order valence-electron chi connectivity index (χ0n) is 17.1. The van der Waals surface area contributed by atoms with Crippen LogP contribution >= 0.6 is 0 Å². The van der Waals surface area contributed by atoms with Gasteiger partial charge in [0, 0.05) is 30.4 Å². The summed E-state index contributed by atoms with van der Waals surface area (Å²) in [4.78, 5) is 17.8.